The minimum atomic E-state index is -3.62. The molecule has 0 amide bonds. The molecule has 0 atom stereocenters. The standard InChI is InChI=1S/C19H20ClN3O4S2/c1-14-13-28-19(23(14)12-15-3-2-8-27-15)21-18-11-16(4-5-17(18)20)29(24,25)22-6-9-26-10-7-22/h2-5,8,11,13H,6-7,9-10,12H2,1H3. The Morgan fingerprint density at radius 1 is 1.24 bits per heavy atom. The molecule has 0 saturated carbocycles. The maximum absolute atomic E-state index is 13.0. The maximum atomic E-state index is 13.0. The van der Waals surface area contributed by atoms with Gasteiger partial charge in [-0.2, -0.15) is 4.31 Å². The number of morpholine rings is 1. The van der Waals surface area contributed by atoms with E-state index >= 15 is 0 Å². The third kappa shape index (κ3) is 4.34. The zero-order valence-corrected chi connectivity index (χ0v) is 18.1. The number of benzene rings is 1. The first-order valence-corrected chi connectivity index (χ1v) is 11.7. The average molecular weight is 454 g/mol. The second-order valence-corrected chi connectivity index (χ2v) is 9.75. The highest BCUT2D eigenvalue weighted by Gasteiger charge is 2.26. The molecule has 154 valence electrons. The summed E-state index contributed by atoms with van der Waals surface area (Å²) < 4.78 is 40.0. The lowest BCUT2D eigenvalue weighted by Gasteiger charge is -2.26. The molecule has 10 heteroatoms. The van der Waals surface area contributed by atoms with Crippen LogP contribution in [0.5, 0.6) is 0 Å². The molecule has 1 aromatic carbocycles. The molecule has 0 N–H and O–H groups in total. The van der Waals surface area contributed by atoms with Crippen LogP contribution in [0, 0.1) is 6.92 Å². The van der Waals surface area contributed by atoms with Crippen LogP contribution in [-0.4, -0.2) is 43.6 Å². The largest absolute Gasteiger partial charge is 0.467 e. The van der Waals surface area contributed by atoms with Crippen molar-refractivity contribution in [1.29, 1.82) is 0 Å². The minimum absolute atomic E-state index is 0.174. The molecule has 1 fully saturated rings. The molecule has 29 heavy (non-hydrogen) atoms. The van der Waals surface area contributed by atoms with Gasteiger partial charge in [0.05, 0.1) is 41.6 Å². The van der Waals surface area contributed by atoms with Gasteiger partial charge in [-0.15, -0.1) is 11.3 Å². The van der Waals surface area contributed by atoms with Gasteiger partial charge in [-0.3, -0.25) is 0 Å². The van der Waals surface area contributed by atoms with Crippen LogP contribution in [-0.2, 0) is 21.3 Å². The molecule has 2 aromatic heterocycles. The third-order valence-electron chi connectivity index (χ3n) is 4.63. The summed E-state index contributed by atoms with van der Waals surface area (Å²) in [6, 6.07) is 8.36. The molecular formula is C19H20ClN3O4S2. The van der Waals surface area contributed by atoms with Crippen molar-refractivity contribution in [2.75, 3.05) is 26.3 Å². The number of ether oxygens (including phenoxy) is 1. The Balaban J connectivity index is 1.72. The van der Waals surface area contributed by atoms with Crippen LogP contribution in [0.4, 0.5) is 5.69 Å². The zero-order chi connectivity index (χ0) is 20.4. The van der Waals surface area contributed by atoms with E-state index < -0.39 is 10.0 Å². The Morgan fingerprint density at radius 3 is 2.76 bits per heavy atom. The van der Waals surface area contributed by atoms with Gasteiger partial charge < -0.3 is 13.7 Å². The fourth-order valence-electron chi connectivity index (χ4n) is 3.03. The van der Waals surface area contributed by atoms with Crippen LogP contribution < -0.4 is 4.80 Å². The molecule has 1 saturated heterocycles. The summed E-state index contributed by atoms with van der Waals surface area (Å²) in [6.07, 6.45) is 1.63. The fourth-order valence-corrected chi connectivity index (χ4v) is 5.51. The van der Waals surface area contributed by atoms with Crippen molar-refractivity contribution in [3.63, 3.8) is 0 Å². The van der Waals surface area contributed by atoms with E-state index in [1.54, 1.807) is 12.3 Å². The number of sulfonamides is 1. The van der Waals surface area contributed by atoms with E-state index in [-0.39, 0.29) is 4.90 Å². The molecule has 0 spiro atoms. The predicted octanol–water partition coefficient (Wildman–Crippen LogP) is 3.41. The van der Waals surface area contributed by atoms with Crippen LogP contribution in [0.1, 0.15) is 11.5 Å². The summed E-state index contributed by atoms with van der Waals surface area (Å²) in [4.78, 5) is 5.55. The fraction of sp³-hybridized carbons (Fsp3) is 0.316. The van der Waals surface area contributed by atoms with Crippen LogP contribution in [0.3, 0.4) is 0 Å². The predicted molar refractivity (Wildman–Crippen MR) is 111 cm³/mol. The van der Waals surface area contributed by atoms with Gasteiger partial charge in [-0.1, -0.05) is 11.6 Å². The number of aromatic nitrogens is 1. The Hall–Kier alpha value is -1.91. The molecule has 0 bridgehead atoms. The van der Waals surface area contributed by atoms with Crippen molar-refractivity contribution in [2.24, 2.45) is 4.99 Å². The van der Waals surface area contributed by atoms with Gasteiger partial charge in [0.2, 0.25) is 10.0 Å². The lowest BCUT2D eigenvalue weighted by atomic mass is 10.3. The van der Waals surface area contributed by atoms with Crippen LogP contribution in [0.25, 0.3) is 0 Å². The van der Waals surface area contributed by atoms with Gasteiger partial charge >= 0.3 is 0 Å². The van der Waals surface area contributed by atoms with E-state index in [9.17, 15) is 8.42 Å². The van der Waals surface area contributed by atoms with E-state index in [0.717, 1.165) is 11.5 Å². The number of halogens is 1. The third-order valence-corrected chi connectivity index (χ3v) is 7.82. The monoisotopic (exact) mass is 453 g/mol. The number of hydrogen-bond acceptors (Lipinski definition) is 6. The van der Waals surface area contributed by atoms with E-state index in [1.807, 2.05) is 29.0 Å². The van der Waals surface area contributed by atoms with Crippen molar-refractivity contribution in [3.05, 3.63) is 63.3 Å². The summed E-state index contributed by atoms with van der Waals surface area (Å²) >= 11 is 7.80. The van der Waals surface area contributed by atoms with Crippen LogP contribution in [0.15, 0.2) is 56.3 Å². The Kier molecular flexibility index (Phi) is 5.93. The van der Waals surface area contributed by atoms with Crippen molar-refractivity contribution in [3.8, 4) is 0 Å². The smallest absolute Gasteiger partial charge is 0.243 e. The van der Waals surface area contributed by atoms with Crippen molar-refractivity contribution < 1.29 is 17.6 Å². The highest BCUT2D eigenvalue weighted by atomic mass is 35.5. The molecule has 0 aliphatic carbocycles. The van der Waals surface area contributed by atoms with E-state index in [4.69, 9.17) is 20.8 Å². The zero-order valence-electron chi connectivity index (χ0n) is 15.7. The normalized spacial score (nSPS) is 16.4. The molecule has 1 aliphatic rings. The summed E-state index contributed by atoms with van der Waals surface area (Å²) in [5, 5.41) is 2.38. The SMILES string of the molecule is Cc1csc(=Nc2cc(S(=O)(=O)N3CCOCC3)ccc2Cl)n1Cc1ccco1. The van der Waals surface area contributed by atoms with Gasteiger partial charge in [0.15, 0.2) is 4.80 Å². The highest BCUT2D eigenvalue weighted by molar-refractivity contribution is 7.89. The Morgan fingerprint density at radius 2 is 2.03 bits per heavy atom. The lowest BCUT2D eigenvalue weighted by molar-refractivity contribution is 0.0730. The van der Waals surface area contributed by atoms with Crippen molar-refractivity contribution >= 4 is 38.6 Å². The maximum Gasteiger partial charge on any atom is 0.243 e. The molecular weight excluding hydrogens is 434 g/mol. The number of hydrogen-bond donors (Lipinski definition) is 0. The van der Waals surface area contributed by atoms with E-state index in [0.29, 0.717) is 48.4 Å². The van der Waals surface area contributed by atoms with Crippen molar-refractivity contribution in [1.82, 2.24) is 8.87 Å². The quantitative estimate of drug-likeness (QED) is 0.593. The molecule has 1 aliphatic heterocycles. The molecule has 0 unspecified atom stereocenters. The Labute approximate surface area is 177 Å². The van der Waals surface area contributed by atoms with Gasteiger partial charge in [-0.05, 0) is 37.3 Å². The molecule has 7 nitrogen and oxygen atoms in total. The topological polar surface area (TPSA) is 77.0 Å². The van der Waals surface area contributed by atoms with E-state index in [1.165, 1.54) is 27.8 Å². The van der Waals surface area contributed by atoms with Gasteiger partial charge in [0.25, 0.3) is 0 Å². The number of aryl methyl sites for hydroxylation is 1. The lowest BCUT2D eigenvalue weighted by Crippen LogP contribution is -2.40. The van der Waals surface area contributed by atoms with Crippen LogP contribution >= 0.6 is 22.9 Å². The van der Waals surface area contributed by atoms with Gasteiger partial charge in [0, 0.05) is 24.2 Å². The first kappa shape index (κ1) is 20.4. The second-order valence-electron chi connectivity index (χ2n) is 6.57. The molecule has 3 aromatic rings. The summed E-state index contributed by atoms with van der Waals surface area (Å²) in [5.74, 6) is 0.808. The van der Waals surface area contributed by atoms with Crippen LogP contribution in [0.2, 0.25) is 5.02 Å². The number of furan rings is 1. The first-order valence-electron chi connectivity index (χ1n) is 9.04. The van der Waals surface area contributed by atoms with Gasteiger partial charge in [-0.25, -0.2) is 13.4 Å². The number of thiazole rings is 1. The number of nitrogens with zero attached hydrogens (tertiary/aromatic N) is 3. The summed E-state index contributed by atoms with van der Waals surface area (Å²) in [5.41, 5.74) is 1.44. The van der Waals surface area contributed by atoms with E-state index in [2.05, 4.69) is 4.99 Å². The highest BCUT2D eigenvalue weighted by Crippen LogP contribution is 2.29. The van der Waals surface area contributed by atoms with Crippen molar-refractivity contribution in [2.45, 2.75) is 18.4 Å². The number of rotatable bonds is 5. The molecule has 3 heterocycles. The molecule has 0 radical (unpaired) electrons. The minimum Gasteiger partial charge on any atom is -0.467 e. The summed E-state index contributed by atoms with van der Waals surface area (Å²) in [7, 11) is -3.62. The first-order chi connectivity index (χ1) is 13.9. The Bertz CT molecular complexity index is 1160. The average Bonchev–Trinajstić information content (AvgIpc) is 3.36. The second kappa shape index (κ2) is 8.45. The molecule has 4 rings (SSSR count). The summed E-state index contributed by atoms with van der Waals surface area (Å²) in [6.45, 7) is 3.98. The van der Waals surface area contributed by atoms with Gasteiger partial charge in [0.1, 0.15) is 5.76 Å².